The van der Waals surface area contributed by atoms with Crippen molar-refractivity contribution in [1.82, 2.24) is 9.88 Å². The van der Waals surface area contributed by atoms with Crippen LogP contribution in [0.4, 0.5) is 10.1 Å². The quantitative estimate of drug-likeness (QED) is 0.683. The maximum Gasteiger partial charge on any atom is 0.275 e. The summed E-state index contributed by atoms with van der Waals surface area (Å²) in [6.45, 7) is 6.82. The number of anilines is 1. The Morgan fingerprint density at radius 2 is 1.87 bits per heavy atom. The molecular weight excluding hydrogens is 381 g/mol. The lowest BCUT2D eigenvalue weighted by Crippen LogP contribution is -2.64. The third-order valence-electron chi connectivity index (χ3n) is 5.77. The predicted octanol–water partition coefficient (Wildman–Crippen LogP) is 4.36. The van der Waals surface area contributed by atoms with E-state index < -0.39 is 5.54 Å². The van der Waals surface area contributed by atoms with Gasteiger partial charge in [0.05, 0.1) is 6.54 Å². The molecular formula is C24H26FN3O2. The monoisotopic (exact) mass is 407 g/mol. The summed E-state index contributed by atoms with van der Waals surface area (Å²) in [6.07, 6.45) is 0.851. The van der Waals surface area contributed by atoms with Crippen molar-refractivity contribution in [2.45, 2.75) is 39.3 Å². The highest BCUT2D eigenvalue weighted by Crippen LogP contribution is 2.35. The van der Waals surface area contributed by atoms with E-state index in [0.29, 0.717) is 30.4 Å². The van der Waals surface area contributed by atoms with E-state index in [1.165, 1.54) is 17.0 Å². The van der Waals surface area contributed by atoms with Gasteiger partial charge in [0.15, 0.2) is 0 Å². The summed E-state index contributed by atoms with van der Waals surface area (Å²) < 4.78 is 15.5. The zero-order valence-corrected chi connectivity index (χ0v) is 17.5. The van der Waals surface area contributed by atoms with Crippen LogP contribution in [-0.2, 0) is 11.3 Å². The first kappa shape index (κ1) is 20.1. The van der Waals surface area contributed by atoms with E-state index >= 15 is 0 Å². The largest absolute Gasteiger partial charge is 0.354 e. The fourth-order valence-corrected chi connectivity index (χ4v) is 4.11. The van der Waals surface area contributed by atoms with Crippen molar-refractivity contribution in [3.05, 3.63) is 66.1 Å². The van der Waals surface area contributed by atoms with Gasteiger partial charge in [-0.15, -0.1) is 0 Å². The number of aromatic nitrogens is 1. The minimum atomic E-state index is -1.15. The van der Waals surface area contributed by atoms with Gasteiger partial charge < -0.3 is 9.88 Å². The maximum atomic E-state index is 13.6. The number of halogens is 1. The van der Waals surface area contributed by atoms with Gasteiger partial charge in [0, 0.05) is 23.1 Å². The molecule has 0 spiro atoms. The maximum absolute atomic E-state index is 13.6. The summed E-state index contributed by atoms with van der Waals surface area (Å²) in [4.78, 5) is 28.5. The number of para-hydroxylation sites is 1. The molecule has 1 aromatic heterocycles. The highest BCUT2D eigenvalue weighted by Gasteiger charge is 2.48. The number of benzene rings is 2. The minimum Gasteiger partial charge on any atom is -0.354 e. The summed E-state index contributed by atoms with van der Waals surface area (Å²) in [6, 6.07) is 15.3. The zero-order chi connectivity index (χ0) is 21.5. The van der Waals surface area contributed by atoms with Crippen molar-refractivity contribution in [1.29, 1.82) is 0 Å². The van der Waals surface area contributed by atoms with E-state index in [1.807, 2.05) is 34.9 Å². The lowest BCUT2D eigenvalue weighted by molar-refractivity contribution is -0.126. The summed E-state index contributed by atoms with van der Waals surface area (Å²) in [5.74, 6) is -0.422. The molecule has 0 saturated carbocycles. The van der Waals surface area contributed by atoms with Crippen LogP contribution in [0, 0.1) is 11.7 Å². The molecule has 1 N–H and O–H groups in total. The molecule has 5 nitrogen and oxygen atoms in total. The van der Waals surface area contributed by atoms with Gasteiger partial charge in [-0.3, -0.25) is 14.5 Å². The van der Waals surface area contributed by atoms with Crippen molar-refractivity contribution in [3.63, 3.8) is 0 Å². The average molecular weight is 407 g/mol. The van der Waals surface area contributed by atoms with Gasteiger partial charge >= 0.3 is 0 Å². The Hall–Kier alpha value is -3.15. The number of rotatable bonds is 5. The van der Waals surface area contributed by atoms with Crippen LogP contribution in [0.25, 0.3) is 10.9 Å². The van der Waals surface area contributed by atoms with Gasteiger partial charge in [0.1, 0.15) is 17.1 Å². The molecule has 0 aliphatic carbocycles. The first-order chi connectivity index (χ1) is 14.3. The van der Waals surface area contributed by atoms with Crippen molar-refractivity contribution in [2.24, 2.45) is 5.92 Å². The summed E-state index contributed by atoms with van der Waals surface area (Å²) in [5.41, 5.74) is 0.786. The number of carbonyl (C=O) groups is 2. The molecule has 156 valence electrons. The molecule has 2 amide bonds. The van der Waals surface area contributed by atoms with Crippen LogP contribution in [-0.4, -0.2) is 28.5 Å². The number of amides is 2. The third-order valence-corrected chi connectivity index (χ3v) is 5.77. The second kappa shape index (κ2) is 7.59. The van der Waals surface area contributed by atoms with Gasteiger partial charge in [-0.2, -0.15) is 0 Å². The van der Waals surface area contributed by atoms with Crippen LogP contribution in [0.3, 0.4) is 0 Å². The van der Waals surface area contributed by atoms with Crippen LogP contribution < -0.4 is 10.2 Å². The molecule has 4 rings (SSSR count). The molecule has 30 heavy (non-hydrogen) atoms. The van der Waals surface area contributed by atoms with Crippen molar-refractivity contribution >= 4 is 28.4 Å². The normalized spacial score (nSPS) is 18.7. The molecule has 0 unspecified atom stereocenters. The molecule has 2 aromatic carbocycles. The van der Waals surface area contributed by atoms with Crippen molar-refractivity contribution < 1.29 is 14.0 Å². The minimum absolute atomic E-state index is 0.218. The van der Waals surface area contributed by atoms with Gasteiger partial charge in [-0.1, -0.05) is 32.0 Å². The Morgan fingerprint density at radius 3 is 2.57 bits per heavy atom. The van der Waals surface area contributed by atoms with E-state index in [-0.39, 0.29) is 17.6 Å². The molecule has 1 aliphatic heterocycles. The molecule has 0 radical (unpaired) electrons. The molecule has 0 saturated heterocycles. The fraction of sp³-hybridized carbons (Fsp3) is 0.333. The number of fused-ring (bicyclic) bond motifs is 3. The van der Waals surface area contributed by atoms with Crippen LogP contribution in [0.5, 0.6) is 0 Å². The van der Waals surface area contributed by atoms with Gasteiger partial charge in [-0.05, 0) is 55.7 Å². The number of carbonyl (C=O) groups excluding carboxylic acids is 2. The Bertz CT molecular complexity index is 1100. The predicted molar refractivity (Wildman–Crippen MR) is 116 cm³/mol. The lowest BCUT2D eigenvalue weighted by Gasteiger charge is -2.44. The van der Waals surface area contributed by atoms with E-state index in [0.717, 1.165) is 17.3 Å². The smallest absolute Gasteiger partial charge is 0.275 e. The molecule has 6 heteroatoms. The van der Waals surface area contributed by atoms with Gasteiger partial charge in [0.2, 0.25) is 5.91 Å². The summed E-state index contributed by atoms with van der Waals surface area (Å²) in [5, 5.41) is 3.96. The fourth-order valence-electron chi connectivity index (χ4n) is 4.11. The Morgan fingerprint density at radius 1 is 1.17 bits per heavy atom. The van der Waals surface area contributed by atoms with Crippen molar-refractivity contribution in [2.75, 3.05) is 11.4 Å². The van der Waals surface area contributed by atoms with E-state index in [2.05, 4.69) is 19.2 Å². The molecule has 1 aliphatic rings. The summed E-state index contributed by atoms with van der Waals surface area (Å²) >= 11 is 0. The Balaban J connectivity index is 1.81. The van der Waals surface area contributed by atoms with Crippen LogP contribution in [0.1, 0.15) is 37.7 Å². The molecule has 0 fully saturated rings. The topological polar surface area (TPSA) is 54.3 Å². The Labute approximate surface area is 175 Å². The van der Waals surface area contributed by atoms with Crippen LogP contribution in [0.15, 0.2) is 54.6 Å². The van der Waals surface area contributed by atoms with E-state index in [9.17, 15) is 14.0 Å². The van der Waals surface area contributed by atoms with Gasteiger partial charge in [-0.25, -0.2) is 4.39 Å². The van der Waals surface area contributed by atoms with Gasteiger partial charge in [0.25, 0.3) is 5.91 Å². The molecule has 2 heterocycles. The molecule has 0 bridgehead atoms. The van der Waals surface area contributed by atoms with Crippen LogP contribution >= 0.6 is 0 Å². The SMILES string of the molecule is CC(C)CCNC(=O)[C@@]1(C)Cn2c(cc3ccccc32)C(=O)N1c1ccc(F)cc1. The summed E-state index contributed by atoms with van der Waals surface area (Å²) in [7, 11) is 0. The highest BCUT2D eigenvalue weighted by molar-refractivity contribution is 6.14. The molecule has 3 aromatic rings. The van der Waals surface area contributed by atoms with E-state index in [1.54, 1.807) is 19.1 Å². The third kappa shape index (κ3) is 3.36. The second-order valence-corrected chi connectivity index (χ2v) is 8.50. The number of nitrogens with one attached hydrogen (secondary N) is 1. The first-order valence-corrected chi connectivity index (χ1v) is 10.3. The van der Waals surface area contributed by atoms with Crippen LogP contribution in [0.2, 0.25) is 0 Å². The Kier molecular flexibility index (Phi) is 5.10. The standard InChI is InChI=1S/C24H26FN3O2/c1-16(2)12-13-26-23(30)24(3)15-27-20-7-5-4-6-17(20)14-21(27)22(29)28(24)19-10-8-18(25)9-11-19/h4-11,14,16H,12-13,15H2,1-3H3,(H,26,30)/t24-/m1/s1. The number of hydrogen-bond donors (Lipinski definition) is 1. The zero-order valence-electron chi connectivity index (χ0n) is 17.5. The van der Waals surface area contributed by atoms with Crippen molar-refractivity contribution in [3.8, 4) is 0 Å². The second-order valence-electron chi connectivity index (χ2n) is 8.50. The molecule has 1 atom stereocenters. The average Bonchev–Trinajstić information content (AvgIpc) is 3.08. The highest BCUT2D eigenvalue weighted by atomic mass is 19.1. The lowest BCUT2D eigenvalue weighted by atomic mass is 9.93. The number of nitrogens with zero attached hydrogens (tertiary/aromatic N) is 2. The van der Waals surface area contributed by atoms with E-state index in [4.69, 9.17) is 0 Å². The number of hydrogen-bond acceptors (Lipinski definition) is 2. The first-order valence-electron chi connectivity index (χ1n) is 10.3.